The molecule has 0 radical (unpaired) electrons. The minimum atomic E-state index is -0.489. The second-order valence-corrected chi connectivity index (χ2v) is 8.22. The van der Waals surface area contributed by atoms with Gasteiger partial charge >= 0.3 is 0 Å². The first kappa shape index (κ1) is 21.2. The van der Waals surface area contributed by atoms with Crippen LogP contribution in [0.25, 0.3) is 0 Å². The Balaban J connectivity index is 1.31. The van der Waals surface area contributed by atoms with Crippen molar-refractivity contribution in [3.63, 3.8) is 0 Å². The van der Waals surface area contributed by atoms with Gasteiger partial charge in [-0.15, -0.1) is 0 Å². The van der Waals surface area contributed by atoms with E-state index in [1.165, 1.54) is 5.56 Å². The average molecular weight is 417 g/mol. The number of aliphatic hydroxyl groups excluding tert-OH is 1. The highest BCUT2D eigenvalue weighted by molar-refractivity contribution is 5.94. The maximum Gasteiger partial charge on any atom is 0.253 e. The lowest BCUT2D eigenvalue weighted by Crippen LogP contribution is -2.35. The van der Waals surface area contributed by atoms with E-state index in [2.05, 4.69) is 15.5 Å². The second kappa shape index (κ2) is 9.81. The number of nitrogens with one attached hydrogen (secondary N) is 1. The molecule has 0 aliphatic carbocycles. The molecule has 1 fully saturated rings. The van der Waals surface area contributed by atoms with E-state index in [1.807, 2.05) is 60.7 Å². The lowest BCUT2D eigenvalue weighted by Gasteiger charge is -2.20. The highest BCUT2D eigenvalue weighted by Crippen LogP contribution is 2.26. The van der Waals surface area contributed by atoms with Gasteiger partial charge in [0.05, 0.1) is 12.3 Å². The maximum atomic E-state index is 12.7. The number of rotatable bonds is 7. The Morgan fingerprint density at radius 3 is 2.55 bits per heavy atom. The Kier molecular flexibility index (Phi) is 6.70. The second-order valence-electron chi connectivity index (χ2n) is 8.22. The Morgan fingerprint density at radius 2 is 1.84 bits per heavy atom. The van der Waals surface area contributed by atoms with Crippen molar-refractivity contribution in [2.24, 2.45) is 0 Å². The number of hydrogen-bond acceptors (Lipinski definition) is 5. The van der Waals surface area contributed by atoms with Crippen molar-refractivity contribution in [3.05, 3.63) is 95.3 Å². The molecule has 0 bridgehead atoms. The Hall–Kier alpha value is -3.09. The zero-order chi connectivity index (χ0) is 21.6. The van der Waals surface area contributed by atoms with E-state index in [9.17, 15) is 9.90 Å². The molecule has 4 rings (SSSR count). The number of aliphatic hydroxyl groups is 1. The van der Waals surface area contributed by atoms with Gasteiger partial charge in [0.2, 0.25) is 0 Å². The van der Waals surface area contributed by atoms with Gasteiger partial charge < -0.3 is 15.3 Å². The molecule has 1 aromatic heterocycles. The van der Waals surface area contributed by atoms with E-state index in [-0.39, 0.29) is 11.9 Å². The first-order valence-electron chi connectivity index (χ1n) is 10.7. The monoisotopic (exact) mass is 416 g/mol. The van der Waals surface area contributed by atoms with Gasteiger partial charge in [-0.2, -0.15) is 10.2 Å². The number of hydrogen-bond donors (Lipinski definition) is 2. The molecule has 3 aromatic rings. The molecule has 0 unspecified atom stereocenters. The van der Waals surface area contributed by atoms with Crippen LogP contribution in [0.1, 0.15) is 46.0 Å². The van der Waals surface area contributed by atoms with Gasteiger partial charge in [0.25, 0.3) is 5.91 Å². The molecule has 2 N–H and O–H groups in total. The molecular weight excluding hydrogens is 388 g/mol. The molecule has 1 saturated heterocycles. The number of carbonyl (C=O) groups is 1. The van der Waals surface area contributed by atoms with Gasteiger partial charge in [-0.1, -0.05) is 42.5 Å². The molecule has 1 aliphatic rings. The van der Waals surface area contributed by atoms with Crippen molar-refractivity contribution < 1.29 is 9.90 Å². The number of benzene rings is 2. The van der Waals surface area contributed by atoms with E-state index in [4.69, 9.17) is 0 Å². The molecule has 2 heterocycles. The van der Waals surface area contributed by atoms with Gasteiger partial charge in [-0.25, -0.2) is 0 Å². The third kappa shape index (κ3) is 5.34. The largest absolute Gasteiger partial charge is 0.387 e. The van der Waals surface area contributed by atoms with Crippen LogP contribution in [0.2, 0.25) is 0 Å². The number of carbonyl (C=O) groups excluding carboxylic acids is 1. The molecule has 1 aliphatic heterocycles. The molecule has 0 saturated carbocycles. The summed E-state index contributed by atoms with van der Waals surface area (Å²) in [5.74, 6) is -0.0200. The van der Waals surface area contributed by atoms with E-state index < -0.39 is 6.10 Å². The standard InChI is InChI=1S/C25H28N4O2/c1-29(17-19-13-14-26-27-16-19)25(31)21-9-7-18(8-10-21)15-22-11-12-23(28-22)24(30)20-5-3-2-4-6-20/h2-10,13-14,16,22-24,28,30H,11-12,15,17H2,1H3/t22-,23+,24+/m0/s1. The van der Waals surface area contributed by atoms with Crippen molar-refractivity contribution in [1.29, 1.82) is 0 Å². The predicted octanol–water partition coefficient (Wildman–Crippen LogP) is 3.15. The van der Waals surface area contributed by atoms with Crippen LogP contribution in [-0.2, 0) is 13.0 Å². The molecule has 160 valence electrons. The van der Waals surface area contributed by atoms with Crippen LogP contribution < -0.4 is 5.32 Å². The van der Waals surface area contributed by atoms with Crippen LogP contribution in [0.5, 0.6) is 0 Å². The number of amides is 1. The normalized spacial score (nSPS) is 19.2. The summed E-state index contributed by atoms with van der Waals surface area (Å²) in [4.78, 5) is 14.4. The summed E-state index contributed by atoms with van der Waals surface area (Å²) in [6.07, 6.45) is 5.67. The Morgan fingerprint density at radius 1 is 1.06 bits per heavy atom. The fourth-order valence-corrected chi connectivity index (χ4v) is 4.19. The highest BCUT2D eigenvalue weighted by atomic mass is 16.3. The highest BCUT2D eigenvalue weighted by Gasteiger charge is 2.29. The summed E-state index contributed by atoms with van der Waals surface area (Å²) in [6, 6.07) is 19.9. The van der Waals surface area contributed by atoms with Crippen LogP contribution in [0.3, 0.4) is 0 Å². The SMILES string of the molecule is CN(Cc1ccnnc1)C(=O)c1ccc(C[C@@H]2CC[C@H]([C@H](O)c3ccccc3)N2)cc1. The molecule has 31 heavy (non-hydrogen) atoms. The van der Waals surface area contributed by atoms with Crippen molar-refractivity contribution in [2.45, 2.75) is 44.0 Å². The smallest absolute Gasteiger partial charge is 0.253 e. The van der Waals surface area contributed by atoms with Crippen LogP contribution in [0.4, 0.5) is 0 Å². The zero-order valence-electron chi connectivity index (χ0n) is 17.7. The predicted molar refractivity (Wildman–Crippen MR) is 119 cm³/mol. The van der Waals surface area contributed by atoms with Gasteiger partial charge in [0.15, 0.2) is 0 Å². The first-order chi connectivity index (χ1) is 15.1. The molecule has 2 aromatic carbocycles. The molecule has 6 nitrogen and oxygen atoms in total. The third-order valence-electron chi connectivity index (χ3n) is 5.89. The molecule has 1 amide bonds. The molecule has 3 atom stereocenters. The van der Waals surface area contributed by atoms with Crippen LogP contribution in [-0.4, -0.2) is 45.2 Å². The summed E-state index contributed by atoms with van der Waals surface area (Å²) in [5.41, 5.74) is 3.76. The fraction of sp³-hybridized carbons (Fsp3) is 0.320. The van der Waals surface area contributed by atoms with E-state index in [1.54, 1.807) is 24.3 Å². The van der Waals surface area contributed by atoms with Crippen molar-refractivity contribution in [1.82, 2.24) is 20.4 Å². The van der Waals surface area contributed by atoms with Gasteiger partial charge in [0.1, 0.15) is 0 Å². The lowest BCUT2D eigenvalue weighted by atomic mass is 10.0. The first-order valence-corrected chi connectivity index (χ1v) is 10.7. The lowest BCUT2D eigenvalue weighted by molar-refractivity contribution is 0.0785. The average Bonchev–Trinajstić information content (AvgIpc) is 3.28. The van der Waals surface area contributed by atoms with Crippen molar-refractivity contribution in [2.75, 3.05) is 7.05 Å². The van der Waals surface area contributed by atoms with Gasteiger partial charge in [-0.3, -0.25) is 4.79 Å². The number of nitrogens with zero attached hydrogens (tertiary/aromatic N) is 3. The maximum absolute atomic E-state index is 12.7. The molecule has 6 heteroatoms. The summed E-state index contributed by atoms with van der Waals surface area (Å²) >= 11 is 0. The minimum absolute atomic E-state index is 0.0200. The quantitative estimate of drug-likeness (QED) is 0.619. The van der Waals surface area contributed by atoms with Crippen LogP contribution in [0, 0.1) is 0 Å². The van der Waals surface area contributed by atoms with Crippen molar-refractivity contribution in [3.8, 4) is 0 Å². The van der Waals surface area contributed by atoms with Crippen LogP contribution in [0.15, 0.2) is 73.1 Å². The van der Waals surface area contributed by atoms with Gasteiger partial charge in [-0.05, 0) is 54.2 Å². The van der Waals surface area contributed by atoms with E-state index in [0.29, 0.717) is 18.2 Å². The Bertz CT molecular complexity index is 979. The molecule has 0 spiro atoms. The summed E-state index contributed by atoms with van der Waals surface area (Å²) in [5, 5.41) is 21.9. The third-order valence-corrected chi connectivity index (χ3v) is 5.89. The van der Waals surface area contributed by atoms with E-state index in [0.717, 1.165) is 30.4 Å². The van der Waals surface area contributed by atoms with E-state index >= 15 is 0 Å². The zero-order valence-corrected chi connectivity index (χ0v) is 17.7. The Labute approximate surface area is 182 Å². The van der Waals surface area contributed by atoms with Crippen molar-refractivity contribution >= 4 is 5.91 Å². The topological polar surface area (TPSA) is 78.4 Å². The number of aromatic nitrogens is 2. The minimum Gasteiger partial charge on any atom is -0.387 e. The molecular formula is C25H28N4O2. The summed E-state index contributed by atoms with van der Waals surface area (Å²) in [7, 11) is 1.79. The van der Waals surface area contributed by atoms with Gasteiger partial charge in [0, 0.05) is 37.4 Å². The summed E-state index contributed by atoms with van der Waals surface area (Å²) < 4.78 is 0. The van der Waals surface area contributed by atoms with Crippen LogP contribution >= 0.6 is 0 Å². The summed E-state index contributed by atoms with van der Waals surface area (Å²) in [6.45, 7) is 0.493. The fourth-order valence-electron chi connectivity index (χ4n) is 4.19.